The number of ether oxygens (including phenoxy) is 3. The lowest BCUT2D eigenvalue weighted by molar-refractivity contribution is -0.142. The van der Waals surface area contributed by atoms with Gasteiger partial charge in [-0.3, -0.25) is 4.79 Å². The Morgan fingerprint density at radius 2 is 1.84 bits per heavy atom. The third kappa shape index (κ3) is 6.09. The number of anilines is 1. The van der Waals surface area contributed by atoms with Crippen molar-refractivity contribution in [2.24, 2.45) is 0 Å². The molecule has 1 N–H and O–H groups in total. The zero-order valence-corrected chi connectivity index (χ0v) is 17.5. The molecule has 7 nitrogen and oxygen atoms in total. The quantitative estimate of drug-likeness (QED) is 0.430. The second-order valence-corrected chi connectivity index (χ2v) is 7.33. The molecule has 1 aliphatic rings. The van der Waals surface area contributed by atoms with Crippen molar-refractivity contribution in [2.75, 3.05) is 25.1 Å². The summed E-state index contributed by atoms with van der Waals surface area (Å²) in [7, 11) is 0. The van der Waals surface area contributed by atoms with Gasteiger partial charge < -0.3 is 19.5 Å². The Kier molecular flexibility index (Phi) is 7.28. The summed E-state index contributed by atoms with van der Waals surface area (Å²) in [4.78, 5) is 24.4. The van der Waals surface area contributed by atoms with Gasteiger partial charge in [0, 0.05) is 18.2 Å². The first-order valence-corrected chi connectivity index (χ1v) is 10.0. The van der Waals surface area contributed by atoms with Gasteiger partial charge in [0.25, 0.3) is 5.91 Å². The van der Waals surface area contributed by atoms with Gasteiger partial charge in [0.05, 0.1) is 13.2 Å². The number of nitrogens with zero attached hydrogens (tertiary/aromatic N) is 1. The Hall–Kier alpha value is -3.79. The van der Waals surface area contributed by atoms with Gasteiger partial charge in [0.1, 0.15) is 11.6 Å². The average Bonchev–Trinajstić information content (AvgIpc) is 3.01. The molecule has 0 aliphatic carbocycles. The standard InChI is InChI=1S/C24H24N2O5/c1-16(2)18-6-4-17(5-7-18)12-19(14-25)24(28)31-15-23(27)26-20-8-9-21-22(13-20)30-11-3-10-29-21/h4-9,12-13,16H,3,10-11,15H2,1-2H3,(H,26,27)/b19-12+. The minimum Gasteiger partial charge on any atom is -0.490 e. The zero-order valence-electron chi connectivity index (χ0n) is 17.5. The summed E-state index contributed by atoms with van der Waals surface area (Å²) in [5.41, 5.74) is 2.17. The topological polar surface area (TPSA) is 97.7 Å². The molecular formula is C24H24N2O5. The molecule has 0 saturated carbocycles. The van der Waals surface area contributed by atoms with E-state index in [1.807, 2.05) is 30.3 Å². The third-order valence-corrected chi connectivity index (χ3v) is 4.62. The highest BCUT2D eigenvalue weighted by Gasteiger charge is 2.15. The Morgan fingerprint density at radius 3 is 2.52 bits per heavy atom. The molecule has 0 spiro atoms. The van der Waals surface area contributed by atoms with E-state index in [0.29, 0.717) is 41.9 Å². The molecule has 0 aromatic heterocycles. The molecule has 0 unspecified atom stereocenters. The second-order valence-electron chi connectivity index (χ2n) is 7.33. The van der Waals surface area contributed by atoms with E-state index in [1.165, 1.54) is 6.08 Å². The summed E-state index contributed by atoms with van der Waals surface area (Å²) in [6.07, 6.45) is 2.22. The van der Waals surface area contributed by atoms with Crippen molar-refractivity contribution >= 4 is 23.6 Å². The first-order valence-electron chi connectivity index (χ1n) is 10.0. The summed E-state index contributed by atoms with van der Waals surface area (Å²) in [6.45, 7) is 4.76. The molecule has 1 heterocycles. The van der Waals surface area contributed by atoms with Crippen LogP contribution in [0.15, 0.2) is 48.0 Å². The molecule has 2 aromatic rings. The van der Waals surface area contributed by atoms with E-state index < -0.39 is 18.5 Å². The Labute approximate surface area is 181 Å². The minimum absolute atomic E-state index is 0.180. The number of esters is 1. The van der Waals surface area contributed by atoms with Crippen molar-refractivity contribution in [3.8, 4) is 17.6 Å². The first-order chi connectivity index (χ1) is 15.0. The smallest absolute Gasteiger partial charge is 0.349 e. The number of nitriles is 1. The molecule has 160 valence electrons. The fraction of sp³-hybridized carbons (Fsp3) is 0.292. The molecule has 0 saturated heterocycles. The highest BCUT2D eigenvalue weighted by molar-refractivity contribution is 6.00. The highest BCUT2D eigenvalue weighted by Crippen LogP contribution is 2.32. The van der Waals surface area contributed by atoms with Crippen LogP contribution in [0.5, 0.6) is 11.5 Å². The van der Waals surface area contributed by atoms with Crippen molar-refractivity contribution in [1.29, 1.82) is 5.26 Å². The number of hydrogen-bond acceptors (Lipinski definition) is 6. The number of hydrogen-bond donors (Lipinski definition) is 1. The molecule has 31 heavy (non-hydrogen) atoms. The van der Waals surface area contributed by atoms with Crippen LogP contribution in [0, 0.1) is 11.3 Å². The van der Waals surface area contributed by atoms with Crippen LogP contribution < -0.4 is 14.8 Å². The van der Waals surface area contributed by atoms with Gasteiger partial charge in [-0.1, -0.05) is 38.1 Å². The third-order valence-electron chi connectivity index (χ3n) is 4.62. The molecule has 0 radical (unpaired) electrons. The van der Waals surface area contributed by atoms with Crippen LogP contribution in [-0.2, 0) is 14.3 Å². The van der Waals surface area contributed by atoms with Gasteiger partial charge in [-0.15, -0.1) is 0 Å². The molecule has 0 bridgehead atoms. The summed E-state index contributed by atoms with van der Waals surface area (Å²) < 4.78 is 16.1. The SMILES string of the molecule is CC(C)c1ccc(/C=C(\C#N)C(=O)OCC(=O)Nc2ccc3c(c2)OCCCO3)cc1. The summed E-state index contributed by atoms with van der Waals surface area (Å²) in [5, 5.41) is 11.9. The van der Waals surface area contributed by atoms with E-state index in [9.17, 15) is 14.9 Å². The number of benzene rings is 2. The molecule has 1 aliphatic heterocycles. The lowest BCUT2D eigenvalue weighted by atomic mass is 10.0. The lowest BCUT2D eigenvalue weighted by Gasteiger charge is -2.10. The van der Waals surface area contributed by atoms with Gasteiger partial charge in [-0.2, -0.15) is 5.26 Å². The molecular weight excluding hydrogens is 396 g/mol. The Morgan fingerprint density at radius 1 is 1.13 bits per heavy atom. The van der Waals surface area contributed by atoms with Gasteiger partial charge >= 0.3 is 5.97 Å². The van der Waals surface area contributed by atoms with Crippen molar-refractivity contribution < 1.29 is 23.8 Å². The summed E-state index contributed by atoms with van der Waals surface area (Å²) in [5.74, 6) is 0.166. The van der Waals surface area contributed by atoms with Crippen molar-refractivity contribution in [2.45, 2.75) is 26.2 Å². The molecule has 0 atom stereocenters. The van der Waals surface area contributed by atoms with Crippen LogP contribution in [0.4, 0.5) is 5.69 Å². The van der Waals surface area contributed by atoms with E-state index in [-0.39, 0.29) is 5.57 Å². The zero-order chi connectivity index (χ0) is 22.2. The van der Waals surface area contributed by atoms with Gasteiger partial charge in [-0.05, 0) is 35.3 Å². The van der Waals surface area contributed by atoms with E-state index in [2.05, 4.69) is 19.2 Å². The predicted octanol–water partition coefficient (Wildman–Crippen LogP) is 4.06. The normalized spacial score (nSPS) is 13.2. The minimum atomic E-state index is -0.857. The first kappa shape index (κ1) is 21.9. The maximum absolute atomic E-state index is 12.2. The fourth-order valence-corrected chi connectivity index (χ4v) is 2.93. The number of rotatable bonds is 6. The van der Waals surface area contributed by atoms with Crippen LogP contribution >= 0.6 is 0 Å². The van der Waals surface area contributed by atoms with Crippen molar-refractivity contribution in [1.82, 2.24) is 0 Å². The van der Waals surface area contributed by atoms with Crippen molar-refractivity contribution in [3.63, 3.8) is 0 Å². The number of amides is 1. The average molecular weight is 420 g/mol. The fourth-order valence-electron chi connectivity index (χ4n) is 2.93. The lowest BCUT2D eigenvalue weighted by Crippen LogP contribution is -2.21. The van der Waals surface area contributed by atoms with E-state index in [1.54, 1.807) is 18.2 Å². The summed E-state index contributed by atoms with van der Waals surface area (Å²) in [6, 6.07) is 14.4. The maximum atomic E-state index is 12.2. The number of carbonyl (C=O) groups excluding carboxylic acids is 2. The van der Waals surface area contributed by atoms with Crippen molar-refractivity contribution in [3.05, 3.63) is 59.2 Å². The van der Waals surface area contributed by atoms with Crippen LogP contribution in [-0.4, -0.2) is 31.7 Å². The second kappa shape index (κ2) is 10.3. The Balaban J connectivity index is 1.57. The van der Waals surface area contributed by atoms with Gasteiger partial charge in [0.2, 0.25) is 0 Å². The number of nitrogens with one attached hydrogen (secondary N) is 1. The number of carbonyl (C=O) groups is 2. The van der Waals surface area contributed by atoms with Crippen LogP contribution in [0.3, 0.4) is 0 Å². The monoisotopic (exact) mass is 420 g/mol. The van der Waals surface area contributed by atoms with E-state index in [4.69, 9.17) is 14.2 Å². The predicted molar refractivity (Wildman–Crippen MR) is 116 cm³/mol. The molecule has 7 heteroatoms. The van der Waals surface area contributed by atoms with Crippen LogP contribution in [0.1, 0.15) is 37.3 Å². The molecule has 1 amide bonds. The summed E-state index contributed by atoms with van der Waals surface area (Å²) >= 11 is 0. The Bertz CT molecular complexity index is 1020. The van der Waals surface area contributed by atoms with Gasteiger partial charge in [-0.25, -0.2) is 4.79 Å². The van der Waals surface area contributed by atoms with E-state index in [0.717, 1.165) is 12.0 Å². The van der Waals surface area contributed by atoms with Crippen LogP contribution in [0.25, 0.3) is 6.08 Å². The molecule has 2 aromatic carbocycles. The van der Waals surface area contributed by atoms with Crippen LogP contribution in [0.2, 0.25) is 0 Å². The maximum Gasteiger partial charge on any atom is 0.349 e. The molecule has 3 rings (SSSR count). The van der Waals surface area contributed by atoms with Gasteiger partial charge in [0.15, 0.2) is 18.1 Å². The highest BCUT2D eigenvalue weighted by atomic mass is 16.5. The largest absolute Gasteiger partial charge is 0.490 e. The molecule has 0 fully saturated rings. The number of fused-ring (bicyclic) bond motifs is 1. The van der Waals surface area contributed by atoms with E-state index >= 15 is 0 Å².